The Morgan fingerprint density at radius 2 is 1.96 bits per heavy atom. The van der Waals surface area contributed by atoms with Gasteiger partial charge in [-0.1, -0.05) is 30.7 Å². The number of rotatable bonds is 2. The second-order valence-electron chi connectivity index (χ2n) is 6.11. The van der Waals surface area contributed by atoms with Crippen LogP contribution in [0, 0.1) is 5.92 Å². The standard InChI is InChI=1S/C18H18N4S/c1-11-5-7-19-15(9-11)13-3-4-14(18-17(13)21-23-22-18)16-10-12(2)6-8-20-16/h3-7,10-11,20H,8-9H2,1-2H3. The molecule has 0 fully saturated rings. The van der Waals surface area contributed by atoms with E-state index in [1.54, 1.807) is 0 Å². The van der Waals surface area contributed by atoms with Crippen LogP contribution in [0.3, 0.4) is 0 Å². The van der Waals surface area contributed by atoms with E-state index in [-0.39, 0.29) is 0 Å². The Kier molecular flexibility index (Phi) is 3.58. The molecule has 0 saturated carbocycles. The number of benzene rings is 1. The molecule has 3 heterocycles. The average Bonchev–Trinajstić information content (AvgIpc) is 3.03. The number of aromatic nitrogens is 2. The lowest BCUT2D eigenvalue weighted by Crippen LogP contribution is -2.16. The molecule has 0 aliphatic carbocycles. The van der Waals surface area contributed by atoms with E-state index in [9.17, 15) is 0 Å². The van der Waals surface area contributed by atoms with E-state index in [4.69, 9.17) is 0 Å². The lowest BCUT2D eigenvalue weighted by atomic mass is 9.94. The van der Waals surface area contributed by atoms with Crippen molar-refractivity contribution in [3.8, 4) is 0 Å². The second-order valence-corrected chi connectivity index (χ2v) is 6.64. The first-order valence-electron chi connectivity index (χ1n) is 7.84. The van der Waals surface area contributed by atoms with Crippen LogP contribution in [0.5, 0.6) is 0 Å². The molecule has 0 spiro atoms. The summed E-state index contributed by atoms with van der Waals surface area (Å²) in [6, 6.07) is 4.28. The number of hydrogen-bond acceptors (Lipinski definition) is 5. The van der Waals surface area contributed by atoms with Gasteiger partial charge in [0, 0.05) is 29.6 Å². The van der Waals surface area contributed by atoms with Gasteiger partial charge in [0.1, 0.15) is 11.0 Å². The Morgan fingerprint density at radius 3 is 2.74 bits per heavy atom. The Bertz CT molecular complexity index is 886. The third-order valence-corrected chi connectivity index (χ3v) is 4.79. The van der Waals surface area contributed by atoms with E-state index in [1.165, 1.54) is 17.3 Å². The summed E-state index contributed by atoms with van der Waals surface area (Å²) in [5.41, 5.74) is 7.64. The number of aliphatic imine (C=N–C) groups is 1. The molecule has 0 radical (unpaired) electrons. The summed E-state index contributed by atoms with van der Waals surface area (Å²) in [6.45, 7) is 5.19. The van der Waals surface area contributed by atoms with Crippen LogP contribution in [-0.4, -0.2) is 21.0 Å². The molecule has 5 heteroatoms. The van der Waals surface area contributed by atoms with Crippen molar-refractivity contribution in [2.24, 2.45) is 10.9 Å². The fraction of sp³-hybridized carbons (Fsp3) is 0.278. The summed E-state index contributed by atoms with van der Waals surface area (Å²) in [5, 5.41) is 3.43. The first kappa shape index (κ1) is 14.3. The van der Waals surface area contributed by atoms with Crippen molar-refractivity contribution < 1.29 is 0 Å². The molecule has 2 aromatic rings. The predicted molar refractivity (Wildman–Crippen MR) is 96.6 cm³/mol. The first-order chi connectivity index (χ1) is 11.2. The highest BCUT2D eigenvalue weighted by molar-refractivity contribution is 7.00. The predicted octanol–water partition coefficient (Wildman–Crippen LogP) is 3.92. The first-order valence-corrected chi connectivity index (χ1v) is 8.57. The minimum Gasteiger partial charge on any atom is -0.381 e. The molecule has 116 valence electrons. The summed E-state index contributed by atoms with van der Waals surface area (Å²) in [7, 11) is 0. The fourth-order valence-corrected chi connectivity index (χ4v) is 3.61. The van der Waals surface area contributed by atoms with E-state index >= 15 is 0 Å². The summed E-state index contributed by atoms with van der Waals surface area (Å²) in [6.07, 6.45) is 9.34. The Labute approximate surface area is 139 Å². The minimum absolute atomic E-state index is 0.513. The maximum absolute atomic E-state index is 4.57. The molecule has 4 nitrogen and oxygen atoms in total. The van der Waals surface area contributed by atoms with Gasteiger partial charge < -0.3 is 5.32 Å². The van der Waals surface area contributed by atoms with Crippen LogP contribution in [0.25, 0.3) is 16.7 Å². The van der Waals surface area contributed by atoms with Gasteiger partial charge in [-0.2, -0.15) is 8.75 Å². The van der Waals surface area contributed by atoms with Crippen molar-refractivity contribution in [1.82, 2.24) is 14.1 Å². The van der Waals surface area contributed by atoms with Crippen LogP contribution in [0.4, 0.5) is 0 Å². The molecule has 0 saturated heterocycles. The molecular formula is C18H18N4S. The Hall–Kier alpha value is -2.27. The van der Waals surface area contributed by atoms with Crippen LogP contribution in [0.2, 0.25) is 0 Å². The molecule has 0 amide bonds. The molecular weight excluding hydrogens is 304 g/mol. The highest BCUT2D eigenvalue weighted by Gasteiger charge is 2.19. The average molecular weight is 322 g/mol. The smallest absolute Gasteiger partial charge is 0.114 e. The van der Waals surface area contributed by atoms with E-state index < -0.39 is 0 Å². The normalized spacial score (nSPS) is 20.8. The van der Waals surface area contributed by atoms with Crippen LogP contribution in [-0.2, 0) is 0 Å². The Morgan fingerprint density at radius 1 is 1.17 bits per heavy atom. The lowest BCUT2D eigenvalue weighted by Gasteiger charge is -2.17. The number of fused-ring (bicyclic) bond motifs is 1. The lowest BCUT2D eigenvalue weighted by molar-refractivity contribution is 0.756. The van der Waals surface area contributed by atoms with Crippen molar-refractivity contribution in [2.45, 2.75) is 20.3 Å². The molecule has 0 bridgehead atoms. The summed E-state index contributed by atoms with van der Waals surface area (Å²) in [4.78, 5) is 4.57. The zero-order valence-corrected chi connectivity index (χ0v) is 14.0. The van der Waals surface area contributed by atoms with Crippen molar-refractivity contribution in [3.63, 3.8) is 0 Å². The van der Waals surface area contributed by atoms with Crippen LogP contribution in [0.15, 0.2) is 47.1 Å². The van der Waals surface area contributed by atoms with E-state index in [0.717, 1.165) is 46.5 Å². The van der Waals surface area contributed by atoms with Gasteiger partial charge in [-0.05, 0) is 31.4 Å². The quantitative estimate of drug-likeness (QED) is 0.911. The van der Waals surface area contributed by atoms with Gasteiger partial charge in [0.15, 0.2) is 0 Å². The molecule has 1 aromatic carbocycles. The number of nitrogens with zero attached hydrogens (tertiary/aromatic N) is 3. The van der Waals surface area contributed by atoms with Crippen molar-refractivity contribution >= 4 is 34.2 Å². The molecule has 1 N–H and O–H groups in total. The third kappa shape index (κ3) is 2.61. The highest BCUT2D eigenvalue weighted by atomic mass is 32.1. The molecule has 4 rings (SSSR count). The maximum Gasteiger partial charge on any atom is 0.114 e. The van der Waals surface area contributed by atoms with E-state index in [2.05, 4.69) is 63.3 Å². The summed E-state index contributed by atoms with van der Waals surface area (Å²) < 4.78 is 9.10. The van der Waals surface area contributed by atoms with Gasteiger partial charge in [-0.15, -0.1) is 0 Å². The van der Waals surface area contributed by atoms with Crippen molar-refractivity contribution in [3.05, 3.63) is 53.3 Å². The van der Waals surface area contributed by atoms with E-state index in [1.807, 2.05) is 6.20 Å². The van der Waals surface area contributed by atoms with Gasteiger partial charge >= 0.3 is 0 Å². The van der Waals surface area contributed by atoms with Crippen LogP contribution >= 0.6 is 11.7 Å². The zero-order valence-electron chi connectivity index (χ0n) is 13.2. The largest absolute Gasteiger partial charge is 0.381 e. The molecule has 1 aromatic heterocycles. The highest BCUT2D eigenvalue weighted by Crippen LogP contribution is 2.29. The fourth-order valence-electron chi connectivity index (χ4n) is 3.03. The van der Waals surface area contributed by atoms with Crippen LogP contribution < -0.4 is 5.32 Å². The minimum atomic E-state index is 0.513. The molecule has 1 unspecified atom stereocenters. The van der Waals surface area contributed by atoms with E-state index in [0.29, 0.717) is 5.92 Å². The molecule has 1 atom stereocenters. The van der Waals surface area contributed by atoms with Crippen molar-refractivity contribution in [1.29, 1.82) is 0 Å². The zero-order chi connectivity index (χ0) is 15.8. The molecule has 23 heavy (non-hydrogen) atoms. The maximum atomic E-state index is 4.57. The number of dihydropyridines is 1. The molecule has 2 aliphatic heterocycles. The van der Waals surface area contributed by atoms with Crippen molar-refractivity contribution in [2.75, 3.05) is 6.54 Å². The number of hydrogen-bond donors (Lipinski definition) is 1. The summed E-state index contributed by atoms with van der Waals surface area (Å²) >= 11 is 1.27. The number of allylic oxidation sites excluding steroid dienone is 3. The van der Waals surface area contributed by atoms with Gasteiger partial charge in [0.05, 0.1) is 17.4 Å². The van der Waals surface area contributed by atoms with Gasteiger partial charge in [0.2, 0.25) is 0 Å². The third-order valence-electron chi connectivity index (χ3n) is 4.27. The number of nitrogens with one attached hydrogen (secondary N) is 1. The van der Waals surface area contributed by atoms with Gasteiger partial charge in [0.25, 0.3) is 0 Å². The molecule has 2 aliphatic rings. The van der Waals surface area contributed by atoms with Gasteiger partial charge in [-0.25, -0.2) is 0 Å². The van der Waals surface area contributed by atoms with Crippen LogP contribution in [0.1, 0.15) is 31.4 Å². The SMILES string of the molecule is CC1=CCNC(c2ccc(C3=NC=CC(C)C3)c3nsnc23)=C1. The monoisotopic (exact) mass is 322 g/mol. The van der Waals surface area contributed by atoms with Gasteiger partial charge in [-0.3, -0.25) is 4.99 Å². The summed E-state index contributed by atoms with van der Waals surface area (Å²) in [5.74, 6) is 0.513. The Balaban J connectivity index is 1.84. The topological polar surface area (TPSA) is 50.2 Å². The second kappa shape index (κ2) is 5.74.